The highest BCUT2D eigenvalue weighted by Gasteiger charge is 2.17. The van der Waals surface area contributed by atoms with Gasteiger partial charge in [-0.2, -0.15) is 0 Å². The third kappa shape index (κ3) is 3.69. The second-order valence-corrected chi connectivity index (χ2v) is 3.36. The van der Waals surface area contributed by atoms with E-state index in [9.17, 15) is 4.79 Å². The molecule has 0 aromatic carbocycles. The van der Waals surface area contributed by atoms with Crippen LogP contribution in [-0.2, 0) is 4.79 Å². The number of nitrogens with two attached hydrogens (primary N) is 1. The number of nitrogens with zero attached hydrogens (tertiary/aromatic N) is 1. The molecule has 0 heterocycles. The van der Waals surface area contributed by atoms with Crippen molar-refractivity contribution in [3.8, 4) is 0 Å². The lowest BCUT2D eigenvalue weighted by molar-refractivity contribution is -0.134. The molecule has 4 heteroatoms. The molecule has 0 spiro atoms. The van der Waals surface area contributed by atoms with Gasteiger partial charge in [-0.15, -0.1) is 0 Å². The van der Waals surface area contributed by atoms with Crippen LogP contribution in [0.2, 0.25) is 0 Å². The maximum absolute atomic E-state index is 11.3. The van der Waals surface area contributed by atoms with Crippen LogP contribution in [0.25, 0.3) is 0 Å². The summed E-state index contributed by atoms with van der Waals surface area (Å²) < 4.78 is 0. The molecule has 0 radical (unpaired) electrons. The summed E-state index contributed by atoms with van der Waals surface area (Å²) in [4.78, 5) is 11.3. The average Bonchev–Trinajstić information content (AvgIpc) is 2.00. The Hall–Kier alpha value is -0.610. The van der Waals surface area contributed by atoms with Gasteiger partial charge >= 0.3 is 0 Å². The third-order valence-corrected chi connectivity index (χ3v) is 1.71. The number of hydrogen-bond acceptors (Lipinski definition) is 3. The first-order chi connectivity index (χ1) is 5.49. The van der Waals surface area contributed by atoms with E-state index in [-0.39, 0.29) is 11.9 Å². The van der Waals surface area contributed by atoms with Crippen LogP contribution < -0.4 is 11.2 Å². The molecule has 1 amide bonds. The topological polar surface area (TPSA) is 58.4 Å². The van der Waals surface area contributed by atoms with Crippen LogP contribution in [0.4, 0.5) is 0 Å². The maximum atomic E-state index is 11.3. The summed E-state index contributed by atoms with van der Waals surface area (Å²) in [6.07, 6.45) is 0.727. The van der Waals surface area contributed by atoms with Crippen molar-refractivity contribution in [2.45, 2.75) is 26.3 Å². The molecule has 0 saturated carbocycles. The third-order valence-electron chi connectivity index (χ3n) is 1.71. The van der Waals surface area contributed by atoms with E-state index in [1.165, 1.54) is 5.01 Å². The van der Waals surface area contributed by atoms with Crippen LogP contribution >= 0.6 is 0 Å². The molecule has 0 aliphatic carbocycles. The molecular formula is C8H19N3O. The molecule has 72 valence electrons. The first kappa shape index (κ1) is 11.4. The van der Waals surface area contributed by atoms with Crippen molar-refractivity contribution in [3.05, 3.63) is 0 Å². The van der Waals surface area contributed by atoms with Crippen molar-refractivity contribution in [1.29, 1.82) is 0 Å². The number of likely N-dealkylation sites (N-methyl/N-ethyl adjacent to an activating group) is 1. The fourth-order valence-electron chi connectivity index (χ4n) is 0.968. The van der Waals surface area contributed by atoms with Crippen molar-refractivity contribution in [2.24, 2.45) is 11.7 Å². The van der Waals surface area contributed by atoms with Crippen LogP contribution in [-0.4, -0.2) is 31.1 Å². The Morgan fingerprint density at radius 1 is 1.58 bits per heavy atom. The summed E-state index contributed by atoms with van der Waals surface area (Å²) in [6, 6.07) is -0.387. The molecule has 0 aromatic rings. The molecule has 3 N–H and O–H groups in total. The minimum Gasteiger partial charge on any atom is -0.320 e. The van der Waals surface area contributed by atoms with Crippen LogP contribution in [0.5, 0.6) is 0 Å². The second-order valence-electron chi connectivity index (χ2n) is 3.36. The monoisotopic (exact) mass is 173 g/mol. The molecule has 0 saturated heterocycles. The number of hydrazine groups is 1. The molecule has 0 bridgehead atoms. The van der Waals surface area contributed by atoms with Crippen LogP contribution in [0, 0.1) is 5.92 Å². The number of hydrogen-bond donors (Lipinski definition) is 2. The lowest BCUT2D eigenvalue weighted by atomic mass is 10.0. The number of carbonyl (C=O) groups is 1. The largest absolute Gasteiger partial charge is 0.320 e. The van der Waals surface area contributed by atoms with Gasteiger partial charge in [-0.05, 0) is 12.3 Å². The van der Waals surface area contributed by atoms with Gasteiger partial charge in [0.1, 0.15) is 0 Å². The SMILES string of the molecule is CNN(C)C(=O)[C@@H](N)CC(C)C. The first-order valence-electron chi connectivity index (χ1n) is 4.19. The Bertz CT molecular complexity index is 147. The predicted molar refractivity (Wildman–Crippen MR) is 49.3 cm³/mol. The van der Waals surface area contributed by atoms with E-state index in [2.05, 4.69) is 5.43 Å². The van der Waals surface area contributed by atoms with Gasteiger partial charge in [0, 0.05) is 14.1 Å². The Morgan fingerprint density at radius 3 is 2.42 bits per heavy atom. The van der Waals surface area contributed by atoms with Crippen molar-refractivity contribution < 1.29 is 4.79 Å². The fraction of sp³-hybridized carbons (Fsp3) is 0.875. The van der Waals surface area contributed by atoms with Gasteiger partial charge in [-0.3, -0.25) is 9.80 Å². The molecule has 0 rings (SSSR count). The fourth-order valence-corrected chi connectivity index (χ4v) is 0.968. The molecule has 12 heavy (non-hydrogen) atoms. The quantitative estimate of drug-likeness (QED) is 0.586. The standard InChI is InChI=1S/C8H19N3O/c1-6(2)5-7(9)8(12)11(4)10-3/h6-7,10H,5,9H2,1-4H3/t7-/m0/s1. The van der Waals surface area contributed by atoms with Crippen molar-refractivity contribution in [1.82, 2.24) is 10.4 Å². The number of nitrogens with one attached hydrogen (secondary N) is 1. The highest BCUT2D eigenvalue weighted by atomic mass is 16.2. The lowest BCUT2D eigenvalue weighted by Crippen LogP contribution is -2.47. The summed E-state index contributed by atoms with van der Waals surface area (Å²) in [5, 5.41) is 1.41. The van der Waals surface area contributed by atoms with Gasteiger partial charge < -0.3 is 5.73 Å². The van der Waals surface area contributed by atoms with Gasteiger partial charge in [-0.1, -0.05) is 13.8 Å². The van der Waals surface area contributed by atoms with E-state index in [0.29, 0.717) is 5.92 Å². The maximum Gasteiger partial charge on any atom is 0.253 e. The van der Waals surface area contributed by atoms with E-state index < -0.39 is 0 Å². The lowest BCUT2D eigenvalue weighted by Gasteiger charge is -2.20. The number of carbonyl (C=O) groups excluding carboxylic acids is 1. The Morgan fingerprint density at radius 2 is 2.08 bits per heavy atom. The Labute approximate surface area is 74.1 Å². The smallest absolute Gasteiger partial charge is 0.253 e. The Kier molecular flexibility index (Phi) is 4.85. The second kappa shape index (κ2) is 5.11. The molecule has 0 aliphatic heterocycles. The zero-order valence-electron chi connectivity index (χ0n) is 8.29. The van der Waals surface area contributed by atoms with Crippen LogP contribution in [0.15, 0.2) is 0 Å². The normalized spacial score (nSPS) is 13.2. The first-order valence-corrected chi connectivity index (χ1v) is 4.19. The molecule has 4 nitrogen and oxygen atoms in total. The van der Waals surface area contributed by atoms with Crippen molar-refractivity contribution in [2.75, 3.05) is 14.1 Å². The van der Waals surface area contributed by atoms with Gasteiger partial charge in [0.2, 0.25) is 0 Å². The minimum absolute atomic E-state index is 0.0637. The van der Waals surface area contributed by atoms with Gasteiger partial charge in [0.25, 0.3) is 5.91 Å². The van der Waals surface area contributed by atoms with E-state index in [4.69, 9.17) is 5.73 Å². The zero-order chi connectivity index (χ0) is 9.72. The average molecular weight is 173 g/mol. The van der Waals surface area contributed by atoms with Crippen LogP contribution in [0.3, 0.4) is 0 Å². The Balaban J connectivity index is 3.92. The van der Waals surface area contributed by atoms with Gasteiger partial charge in [0.15, 0.2) is 0 Å². The van der Waals surface area contributed by atoms with E-state index in [1.807, 2.05) is 13.8 Å². The minimum atomic E-state index is -0.387. The molecule has 0 aromatic heterocycles. The predicted octanol–water partition coefficient (Wildman–Crippen LogP) is -0.0474. The summed E-state index contributed by atoms with van der Waals surface area (Å²) in [7, 11) is 3.36. The number of rotatable bonds is 4. The summed E-state index contributed by atoms with van der Waals surface area (Å²) in [5.41, 5.74) is 8.39. The summed E-state index contributed by atoms with van der Waals surface area (Å²) >= 11 is 0. The molecule has 0 unspecified atom stereocenters. The van der Waals surface area contributed by atoms with E-state index in [1.54, 1.807) is 14.1 Å². The van der Waals surface area contributed by atoms with E-state index in [0.717, 1.165) is 6.42 Å². The summed E-state index contributed by atoms with van der Waals surface area (Å²) in [6.45, 7) is 4.10. The number of amides is 1. The highest BCUT2D eigenvalue weighted by molar-refractivity contribution is 5.80. The highest BCUT2D eigenvalue weighted by Crippen LogP contribution is 2.03. The van der Waals surface area contributed by atoms with Crippen molar-refractivity contribution >= 4 is 5.91 Å². The molecule has 0 fully saturated rings. The molecule has 1 atom stereocenters. The van der Waals surface area contributed by atoms with Gasteiger partial charge in [0.05, 0.1) is 6.04 Å². The molecular weight excluding hydrogens is 154 g/mol. The summed E-state index contributed by atoms with van der Waals surface area (Å²) in [5.74, 6) is 0.389. The van der Waals surface area contributed by atoms with Gasteiger partial charge in [-0.25, -0.2) is 5.43 Å². The van der Waals surface area contributed by atoms with Crippen LogP contribution in [0.1, 0.15) is 20.3 Å². The van der Waals surface area contributed by atoms with E-state index >= 15 is 0 Å². The zero-order valence-corrected chi connectivity index (χ0v) is 8.29. The van der Waals surface area contributed by atoms with Crippen molar-refractivity contribution in [3.63, 3.8) is 0 Å². The molecule has 0 aliphatic rings.